The van der Waals surface area contributed by atoms with E-state index in [1.54, 1.807) is 0 Å². The summed E-state index contributed by atoms with van der Waals surface area (Å²) in [5.41, 5.74) is 0. The van der Waals surface area contributed by atoms with Crippen molar-refractivity contribution in [2.45, 2.75) is 6.42 Å². The zero-order valence-corrected chi connectivity index (χ0v) is 4.75. The first-order chi connectivity index (χ1) is 4.18. The van der Waals surface area contributed by atoms with Crippen LogP contribution in [0.4, 0.5) is 4.79 Å². The van der Waals surface area contributed by atoms with Crippen molar-refractivity contribution in [2.24, 2.45) is 0 Å². The summed E-state index contributed by atoms with van der Waals surface area (Å²) in [6.45, 7) is 0. The molecule has 56 valence electrons. The van der Waals surface area contributed by atoms with Gasteiger partial charge in [-0.05, 0) is 0 Å². The minimum atomic E-state index is -1.24. The summed E-state index contributed by atoms with van der Waals surface area (Å²) in [4.78, 5) is 30.3. The molecule has 2 N–H and O–H groups in total. The van der Waals surface area contributed by atoms with Crippen LogP contribution in [0.25, 0.3) is 0 Å². The minimum Gasteiger partial charge on any atom is -0.412 e. The van der Waals surface area contributed by atoms with E-state index in [4.69, 9.17) is 0 Å². The number of ether oxygens (including phenoxy) is 2. The fourth-order valence-corrected chi connectivity index (χ4v) is 0.397. The fourth-order valence-electron chi connectivity index (χ4n) is 0.397. The van der Waals surface area contributed by atoms with Gasteiger partial charge in [0.15, 0.2) is 0 Å². The van der Waals surface area contributed by atoms with Crippen LogP contribution >= 0.6 is 0 Å². The summed E-state index contributed by atoms with van der Waals surface area (Å²) in [5, 5.41) is 0. The normalized spacial score (nSPS) is 17.0. The first-order valence-electron chi connectivity index (χ1n) is 2.14. The molecule has 1 saturated heterocycles. The van der Waals surface area contributed by atoms with Crippen molar-refractivity contribution < 1.29 is 29.3 Å². The highest BCUT2D eigenvalue weighted by Gasteiger charge is 2.25. The number of carbonyl (C=O) groups is 3. The molecule has 0 spiro atoms. The van der Waals surface area contributed by atoms with Gasteiger partial charge in [0.2, 0.25) is 0 Å². The van der Waals surface area contributed by atoms with E-state index in [1.807, 2.05) is 0 Å². The molecule has 1 fully saturated rings. The van der Waals surface area contributed by atoms with Gasteiger partial charge >= 0.3 is 18.1 Å². The van der Waals surface area contributed by atoms with E-state index < -0.39 is 24.5 Å². The van der Waals surface area contributed by atoms with E-state index in [-0.39, 0.29) is 5.48 Å². The van der Waals surface area contributed by atoms with Crippen LogP contribution in [-0.2, 0) is 19.1 Å². The van der Waals surface area contributed by atoms with E-state index in [0.717, 1.165) is 0 Å². The van der Waals surface area contributed by atoms with Crippen molar-refractivity contribution in [3.8, 4) is 0 Å². The smallest absolute Gasteiger partial charge is 0.412 e. The highest BCUT2D eigenvalue weighted by Crippen LogP contribution is 2.00. The van der Waals surface area contributed by atoms with Gasteiger partial charge in [-0.25, -0.2) is 4.79 Å². The molecule has 0 amide bonds. The highest BCUT2D eigenvalue weighted by molar-refractivity contribution is 6.02. The number of hydrogen-bond donors (Lipinski definition) is 0. The van der Waals surface area contributed by atoms with Gasteiger partial charge in [-0.2, -0.15) is 0 Å². The Bertz CT molecular complexity index is 137. The molecule has 6 nitrogen and oxygen atoms in total. The quantitative estimate of drug-likeness (QED) is 0.316. The lowest BCUT2D eigenvalue weighted by molar-refractivity contribution is -0.158. The van der Waals surface area contributed by atoms with Crippen molar-refractivity contribution in [3.05, 3.63) is 0 Å². The molecular formula is C4H4O6. The van der Waals surface area contributed by atoms with Gasteiger partial charge in [-0.3, -0.25) is 9.59 Å². The van der Waals surface area contributed by atoms with Gasteiger partial charge < -0.3 is 14.9 Å². The van der Waals surface area contributed by atoms with Crippen LogP contribution in [0.1, 0.15) is 6.42 Å². The molecule has 0 saturated carbocycles. The maximum atomic E-state index is 10.1. The van der Waals surface area contributed by atoms with Crippen molar-refractivity contribution in [1.82, 2.24) is 0 Å². The monoisotopic (exact) mass is 148 g/mol. The molecule has 0 aromatic carbocycles. The summed E-state index contributed by atoms with van der Waals surface area (Å²) in [7, 11) is 0. The molecule has 1 heterocycles. The molecule has 1 aliphatic rings. The molecule has 0 bridgehead atoms. The molecule has 0 aliphatic carbocycles. The van der Waals surface area contributed by atoms with Crippen molar-refractivity contribution in [1.29, 1.82) is 0 Å². The van der Waals surface area contributed by atoms with Gasteiger partial charge in [-0.1, -0.05) is 0 Å². The third-order valence-corrected chi connectivity index (χ3v) is 0.683. The standard InChI is InChI=1S/C4H2O5.H2O/c5-2-1-3(6)9-4(7)8-2;/h1H2;1H2. The third kappa shape index (κ3) is 1.82. The highest BCUT2D eigenvalue weighted by atomic mass is 16.8. The Hall–Kier alpha value is -1.43. The molecule has 0 radical (unpaired) electrons. The molecule has 0 aromatic heterocycles. The Morgan fingerprint density at radius 1 is 1.00 bits per heavy atom. The van der Waals surface area contributed by atoms with E-state index in [0.29, 0.717) is 0 Å². The second-order valence-electron chi connectivity index (χ2n) is 1.37. The van der Waals surface area contributed by atoms with Crippen molar-refractivity contribution in [2.75, 3.05) is 0 Å². The number of rotatable bonds is 0. The largest absolute Gasteiger partial charge is 0.524 e. The predicted molar refractivity (Wildman–Crippen MR) is 25.8 cm³/mol. The molecule has 6 heteroatoms. The van der Waals surface area contributed by atoms with Crippen LogP contribution in [0.15, 0.2) is 0 Å². The second-order valence-corrected chi connectivity index (χ2v) is 1.37. The SMILES string of the molecule is O.O=C1CC(=O)OC(=O)O1. The van der Waals surface area contributed by atoms with E-state index in [1.165, 1.54) is 0 Å². The molecule has 0 atom stereocenters. The van der Waals surface area contributed by atoms with Crippen molar-refractivity contribution >= 4 is 18.1 Å². The minimum absolute atomic E-state index is 0. The summed E-state index contributed by atoms with van der Waals surface area (Å²) in [5.74, 6) is -1.73. The summed E-state index contributed by atoms with van der Waals surface area (Å²) >= 11 is 0. The molecule has 1 rings (SSSR count). The van der Waals surface area contributed by atoms with Gasteiger partial charge in [-0.15, -0.1) is 0 Å². The van der Waals surface area contributed by atoms with E-state index >= 15 is 0 Å². The lowest BCUT2D eigenvalue weighted by Crippen LogP contribution is -2.26. The van der Waals surface area contributed by atoms with Crippen LogP contribution in [0.3, 0.4) is 0 Å². The lowest BCUT2D eigenvalue weighted by Gasteiger charge is -2.06. The summed E-state index contributed by atoms with van der Waals surface area (Å²) in [6.07, 6.45) is -1.72. The van der Waals surface area contributed by atoms with E-state index in [9.17, 15) is 14.4 Å². The molecule has 0 aromatic rings. The first kappa shape index (κ1) is 8.57. The van der Waals surface area contributed by atoms with Crippen LogP contribution in [0, 0.1) is 0 Å². The molecule has 0 unspecified atom stereocenters. The second kappa shape index (κ2) is 2.92. The van der Waals surface area contributed by atoms with Gasteiger partial charge in [0, 0.05) is 0 Å². The summed E-state index contributed by atoms with van der Waals surface area (Å²) in [6, 6.07) is 0. The van der Waals surface area contributed by atoms with Gasteiger partial charge in [0.1, 0.15) is 6.42 Å². The Morgan fingerprint density at radius 2 is 1.40 bits per heavy atom. The zero-order valence-electron chi connectivity index (χ0n) is 4.75. The molecule has 1 aliphatic heterocycles. The molecule has 10 heavy (non-hydrogen) atoms. The van der Waals surface area contributed by atoms with Crippen LogP contribution < -0.4 is 0 Å². The Morgan fingerprint density at radius 3 is 1.70 bits per heavy atom. The maximum Gasteiger partial charge on any atom is 0.524 e. The van der Waals surface area contributed by atoms with Gasteiger partial charge in [0.05, 0.1) is 0 Å². The topological polar surface area (TPSA) is 101 Å². The number of esters is 2. The average molecular weight is 148 g/mol. The van der Waals surface area contributed by atoms with Gasteiger partial charge in [0.25, 0.3) is 0 Å². The number of carbonyl (C=O) groups excluding carboxylic acids is 3. The van der Waals surface area contributed by atoms with E-state index in [2.05, 4.69) is 9.47 Å². The molecular weight excluding hydrogens is 144 g/mol. The zero-order chi connectivity index (χ0) is 6.85. The predicted octanol–water partition coefficient (Wildman–Crippen LogP) is -1.23. The number of cyclic esters (lactones) is 4. The average Bonchev–Trinajstić information content (AvgIpc) is 1.59. The maximum absolute atomic E-state index is 10.1. The number of hydrogen-bond acceptors (Lipinski definition) is 5. The Balaban J connectivity index is 0.000000810. The van der Waals surface area contributed by atoms with Crippen LogP contribution in [-0.4, -0.2) is 23.6 Å². The van der Waals surface area contributed by atoms with Crippen LogP contribution in [0.5, 0.6) is 0 Å². The van der Waals surface area contributed by atoms with Crippen molar-refractivity contribution in [3.63, 3.8) is 0 Å². The Labute approximate surface area is 55.0 Å². The lowest BCUT2D eigenvalue weighted by atomic mass is 10.4. The van der Waals surface area contributed by atoms with Crippen LogP contribution in [0.2, 0.25) is 0 Å². The first-order valence-corrected chi connectivity index (χ1v) is 2.14. The summed E-state index contributed by atoms with van der Waals surface area (Å²) < 4.78 is 7.67. The fraction of sp³-hybridized carbons (Fsp3) is 0.250. The third-order valence-electron chi connectivity index (χ3n) is 0.683. The Kier molecular flexibility index (Phi) is 2.51.